The molecule has 19 heavy (non-hydrogen) atoms. The maximum atomic E-state index is 12.0. The van der Waals surface area contributed by atoms with Crippen molar-refractivity contribution in [3.8, 4) is 0 Å². The third kappa shape index (κ3) is 4.06. The number of halogens is 3. The summed E-state index contributed by atoms with van der Waals surface area (Å²) in [5.41, 5.74) is 2.81. The van der Waals surface area contributed by atoms with E-state index >= 15 is 0 Å². The Labute approximate surface area is 110 Å². The molecule has 5 heteroatoms. The van der Waals surface area contributed by atoms with E-state index in [0.717, 1.165) is 25.1 Å². The molecule has 0 aromatic heterocycles. The second-order valence-electron chi connectivity index (χ2n) is 4.80. The standard InChI is InChI=1S/C14H16F3NO/c15-14(16,17)6-1-2-13(19)11-4-3-10-5-7-18-9-12(10)8-11/h3-4,8,18H,1-2,5-7,9H2. The van der Waals surface area contributed by atoms with Crippen molar-refractivity contribution in [2.45, 2.75) is 38.4 Å². The van der Waals surface area contributed by atoms with Crippen LogP contribution in [0.2, 0.25) is 0 Å². The lowest BCUT2D eigenvalue weighted by Gasteiger charge is -2.17. The van der Waals surface area contributed by atoms with Crippen molar-refractivity contribution in [2.24, 2.45) is 0 Å². The van der Waals surface area contributed by atoms with Gasteiger partial charge in [0, 0.05) is 24.9 Å². The predicted octanol–water partition coefficient (Wildman–Crippen LogP) is 3.25. The molecular formula is C14H16F3NO. The summed E-state index contributed by atoms with van der Waals surface area (Å²) in [6.45, 7) is 1.64. The molecule has 0 radical (unpaired) electrons. The number of carbonyl (C=O) groups excluding carboxylic acids is 1. The van der Waals surface area contributed by atoms with Crippen LogP contribution in [0.1, 0.15) is 40.7 Å². The van der Waals surface area contributed by atoms with Crippen molar-refractivity contribution in [1.82, 2.24) is 5.32 Å². The highest BCUT2D eigenvalue weighted by molar-refractivity contribution is 5.96. The summed E-state index contributed by atoms with van der Waals surface area (Å²) in [4.78, 5) is 11.8. The van der Waals surface area contributed by atoms with E-state index in [0.29, 0.717) is 5.56 Å². The smallest absolute Gasteiger partial charge is 0.312 e. The third-order valence-electron chi connectivity index (χ3n) is 3.28. The summed E-state index contributed by atoms with van der Waals surface area (Å²) in [6.07, 6.45) is -4.34. The van der Waals surface area contributed by atoms with Gasteiger partial charge < -0.3 is 5.32 Å². The molecule has 2 nitrogen and oxygen atoms in total. The highest BCUT2D eigenvalue weighted by Crippen LogP contribution is 2.23. The van der Waals surface area contributed by atoms with Gasteiger partial charge in [0.2, 0.25) is 0 Å². The van der Waals surface area contributed by atoms with E-state index in [1.807, 2.05) is 6.07 Å². The number of benzene rings is 1. The molecule has 2 rings (SSSR count). The van der Waals surface area contributed by atoms with Crippen LogP contribution < -0.4 is 5.32 Å². The zero-order chi connectivity index (χ0) is 13.9. The molecule has 0 spiro atoms. The van der Waals surface area contributed by atoms with Gasteiger partial charge in [-0.3, -0.25) is 4.79 Å². The van der Waals surface area contributed by atoms with Gasteiger partial charge in [-0.15, -0.1) is 0 Å². The van der Waals surface area contributed by atoms with Gasteiger partial charge >= 0.3 is 6.18 Å². The van der Waals surface area contributed by atoms with Crippen molar-refractivity contribution in [3.63, 3.8) is 0 Å². The molecule has 104 valence electrons. The lowest BCUT2D eigenvalue weighted by molar-refractivity contribution is -0.135. The second kappa shape index (κ2) is 5.74. The number of hydrogen-bond acceptors (Lipinski definition) is 2. The first-order valence-electron chi connectivity index (χ1n) is 6.38. The van der Waals surface area contributed by atoms with Crippen LogP contribution in [0.4, 0.5) is 13.2 Å². The molecule has 0 atom stereocenters. The van der Waals surface area contributed by atoms with Gasteiger partial charge in [0.15, 0.2) is 5.78 Å². The highest BCUT2D eigenvalue weighted by Gasteiger charge is 2.26. The Balaban J connectivity index is 1.96. The number of nitrogens with one attached hydrogen (secondary N) is 1. The Morgan fingerprint density at radius 1 is 1.26 bits per heavy atom. The Bertz CT molecular complexity index is 468. The largest absolute Gasteiger partial charge is 0.389 e. The lowest BCUT2D eigenvalue weighted by Crippen LogP contribution is -2.23. The minimum Gasteiger partial charge on any atom is -0.312 e. The maximum Gasteiger partial charge on any atom is 0.389 e. The van der Waals surface area contributed by atoms with Crippen LogP contribution in [0.15, 0.2) is 18.2 Å². The van der Waals surface area contributed by atoms with Gasteiger partial charge in [-0.05, 0) is 36.6 Å². The molecule has 1 aromatic rings. The van der Waals surface area contributed by atoms with Crippen molar-refractivity contribution >= 4 is 5.78 Å². The zero-order valence-electron chi connectivity index (χ0n) is 10.5. The number of hydrogen-bond donors (Lipinski definition) is 1. The number of rotatable bonds is 4. The highest BCUT2D eigenvalue weighted by atomic mass is 19.4. The molecule has 0 aliphatic carbocycles. The van der Waals surface area contributed by atoms with Crippen molar-refractivity contribution in [3.05, 3.63) is 34.9 Å². The average Bonchev–Trinajstić information content (AvgIpc) is 2.36. The number of carbonyl (C=O) groups is 1. The van der Waals surface area contributed by atoms with Crippen LogP contribution >= 0.6 is 0 Å². The predicted molar refractivity (Wildman–Crippen MR) is 66.1 cm³/mol. The molecule has 1 aliphatic heterocycles. The topological polar surface area (TPSA) is 29.1 Å². The van der Waals surface area contributed by atoms with Gasteiger partial charge in [0.25, 0.3) is 0 Å². The molecule has 0 bridgehead atoms. The van der Waals surface area contributed by atoms with Crippen LogP contribution in [0.3, 0.4) is 0 Å². The summed E-state index contributed by atoms with van der Waals surface area (Å²) in [7, 11) is 0. The van der Waals surface area contributed by atoms with Gasteiger partial charge in [-0.25, -0.2) is 0 Å². The first kappa shape index (κ1) is 14.1. The summed E-state index contributed by atoms with van der Waals surface area (Å²) >= 11 is 0. The second-order valence-corrected chi connectivity index (χ2v) is 4.80. The molecule has 0 saturated heterocycles. The van der Waals surface area contributed by atoms with Crippen LogP contribution in [0.25, 0.3) is 0 Å². The maximum absolute atomic E-state index is 12.0. The molecule has 1 heterocycles. The first-order valence-corrected chi connectivity index (χ1v) is 6.38. The molecule has 0 amide bonds. The van der Waals surface area contributed by atoms with E-state index in [1.165, 1.54) is 5.56 Å². The molecular weight excluding hydrogens is 255 g/mol. The van der Waals surface area contributed by atoms with E-state index in [2.05, 4.69) is 5.32 Å². The summed E-state index contributed by atoms with van der Waals surface area (Å²) in [5.74, 6) is -0.211. The van der Waals surface area contributed by atoms with Gasteiger partial charge in [0.05, 0.1) is 0 Å². The van der Waals surface area contributed by atoms with Crippen molar-refractivity contribution in [2.75, 3.05) is 6.54 Å². The first-order chi connectivity index (χ1) is 8.96. The Kier molecular flexibility index (Phi) is 4.24. The van der Waals surface area contributed by atoms with Crippen LogP contribution in [-0.4, -0.2) is 18.5 Å². The fourth-order valence-corrected chi connectivity index (χ4v) is 2.25. The fourth-order valence-electron chi connectivity index (χ4n) is 2.25. The minimum absolute atomic E-state index is 0.0499. The summed E-state index contributed by atoms with van der Waals surface area (Å²) in [5, 5.41) is 3.21. The Hall–Kier alpha value is -1.36. The van der Waals surface area contributed by atoms with Crippen molar-refractivity contribution < 1.29 is 18.0 Å². The molecule has 0 saturated carbocycles. The number of fused-ring (bicyclic) bond motifs is 1. The minimum atomic E-state index is -4.18. The van der Waals surface area contributed by atoms with Gasteiger partial charge in [0.1, 0.15) is 0 Å². The molecule has 0 unspecified atom stereocenters. The molecule has 1 aromatic carbocycles. The van der Waals surface area contributed by atoms with E-state index in [4.69, 9.17) is 0 Å². The SMILES string of the molecule is O=C(CCCC(F)(F)F)c1ccc2c(c1)CNCC2. The molecule has 1 aliphatic rings. The normalized spacial score (nSPS) is 15.1. The van der Waals surface area contributed by atoms with Crippen LogP contribution in [0.5, 0.6) is 0 Å². The number of ketones is 1. The number of alkyl halides is 3. The van der Waals surface area contributed by atoms with Gasteiger partial charge in [-0.2, -0.15) is 13.2 Å². The monoisotopic (exact) mass is 271 g/mol. The van der Waals surface area contributed by atoms with E-state index < -0.39 is 12.6 Å². The third-order valence-corrected chi connectivity index (χ3v) is 3.28. The molecule has 0 fully saturated rings. The fraction of sp³-hybridized carbons (Fsp3) is 0.500. The Morgan fingerprint density at radius 2 is 2.05 bits per heavy atom. The zero-order valence-corrected chi connectivity index (χ0v) is 10.5. The average molecular weight is 271 g/mol. The van der Waals surface area contributed by atoms with E-state index in [-0.39, 0.29) is 18.6 Å². The van der Waals surface area contributed by atoms with E-state index in [1.54, 1.807) is 12.1 Å². The van der Waals surface area contributed by atoms with E-state index in [9.17, 15) is 18.0 Å². The molecule has 1 N–H and O–H groups in total. The quantitative estimate of drug-likeness (QED) is 0.852. The summed E-state index contributed by atoms with van der Waals surface area (Å²) in [6, 6.07) is 5.44. The summed E-state index contributed by atoms with van der Waals surface area (Å²) < 4.78 is 36.0. The number of Topliss-reactive ketones (excluding diaryl/α,β-unsaturated/α-hetero) is 1. The van der Waals surface area contributed by atoms with Crippen LogP contribution in [0, 0.1) is 0 Å². The Morgan fingerprint density at radius 3 is 2.79 bits per heavy atom. The van der Waals surface area contributed by atoms with Crippen LogP contribution in [-0.2, 0) is 13.0 Å². The lowest BCUT2D eigenvalue weighted by atomic mass is 9.96. The van der Waals surface area contributed by atoms with Crippen molar-refractivity contribution in [1.29, 1.82) is 0 Å². The van der Waals surface area contributed by atoms with Gasteiger partial charge in [-0.1, -0.05) is 12.1 Å².